The van der Waals surface area contributed by atoms with Crippen LogP contribution in [0.4, 0.5) is 0 Å². The molecule has 4 rings (SSSR count). The predicted octanol–water partition coefficient (Wildman–Crippen LogP) is 5.90. The molecule has 0 atom stereocenters. The van der Waals surface area contributed by atoms with E-state index in [-0.39, 0.29) is 6.61 Å². The van der Waals surface area contributed by atoms with Gasteiger partial charge in [0.25, 0.3) is 11.1 Å². The van der Waals surface area contributed by atoms with Crippen molar-refractivity contribution >= 4 is 23.1 Å². The number of rotatable bonds is 9. The summed E-state index contributed by atoms with van der Waals surface area (Å²) in [4.78, 5) is 4.62. The Balaban J connectivity index is 1.25. The van der Waals surface area contributed by atoms with Crippen LogP contribution in [0.3, 0.4) is 0 Å². The standard InChI is InChI=1S/C23H23N3O3S2/c1-15-5-8-19(9-6-15)27-12-22-24-18(13-30-22)14-31-23-26-25-21(29-23)11-28-20-10-16(2)4-7-17(20)3/h4-10,13H,11-12,14H2,1-3H3. The van der Waals surface area contributed by atoms with E-state index in [2.05, 4.69) is 28.2 Å². The molecule has 0 aliphatic heterocycles. The van der Waals surface area contributed by atoms with E-state index in [0.717, 1.165) is 33.3 Å². The minimum absolute atomic E-state index is 0.245. The van der Waals surface area contributed by atoms with E-state index in [1.54, 1.807) is 11.3 Å². The molecule has 2 heterocycles. The Morgan fingerprint density at radius 1 is 0.935 bits per heavy atom. The first kappa shape index (κ1) is 21.4. The van der Waals surface area contributed by atoms with E-state index in [9.17, 15) is 0 Å². The van der Waals surface area contributed by atoms with E-state index in [1.165, 1.54) is 17.3 Å². The van der Waals surface area contributed by atoms with Gasteiger partial charge in [0, 0.05) is 11.1 Å². The zero-order chi connectivity index (χ0) is 21.6. The summed E-state index contributed by atoms with van der Waals surface area (Å²) in [5.41, 5.74) is 4.39. The number of thioether (sulfide) groups is 1. The van der Waals surface area contributed by atoms with Crippen LogP contribution in [0, 0.1) is 20.8 Å². The Hall–Kier alpha value is -2.84. The van der Waals surface area contributed by atoms with E-state index in [4.69, 9.17) is 13.9 Å². The lowest BCUT2D eigenvalue weighted by molar-refractivity contribution is 0.250. The molecule has 0 saturated heterocycles. The summed E-state index contributed by atoms with van der Waals surface area (Å²) in [6.45, 7) is 6.80. The molecule has 0 radical (unpaired) electrons. The third-order valence-electron chi connectivity index (χ3n) is 4.47. The number of thiazole rings is 1. The van der Waals surface area contributed by atoms with Crippen LogP contribution in [0.15, 0.2) is 57.5 Å². The van der Waals surface area contributed by atoms with Gasteiger partial charge in [0.05, 0.1) is 5.69 Å². The van der Waals surface area contributed by atoms with E-state index in [0.29, 0.717) is 23.5 Å². The zero-order valence-electron chi connectivity index (χ0n) is 17.6. The first-order valence-corrected chi connectivity index (χ1v) is 11.7. The first-order chi connectivity index (χ1) is 15.0. The minimum Gasteiger partial charge on any atom is -0.486 e. The molecule has 31 heavy (non-hydrogen) atoms. The Bertz CT molecular complexity index is 1140. The minimum atomic E-state index is 0.245. The van der Waals surface area contributed by atoms with Gasteiger partial charge in [-0.3, -0.25) is 0 Å². The fourth-order valence-electron chi connectivity index (χ4n) is 2.75. The van der Waals surface area contributed by atoms with Crippen molar-refractivity contribution in [3.63, 3.8) is 0 Å². The summed E-state index contributed by atoms with van der Waals surface area (Å²) >= 11 is 3.04. The number of nitrogens with zero attached hydrogens (tertiary/aromatic N) is 3. The molecule has 2 aromatic heterocycles. The molecule has 0 spiro atoms. The van der Waals surface area contributed by atoms with Crippen LogP contribution < -0.4 is 9.47 Å². The van der Waals surface area contributed by atoms with E-state index >= 15 is 0 Å². The van der Waals surface area contributed by atoms with Gasteiger partial charge in [0.15, 0.2) is 6.61 Å². The second-order valence-corrected chi connectivity index (χ2v) is 9.01. The van der Waals surface area contributed by atoms with Gasteiger partial charge in [0.1, 0.15) is 23.1 Å². The second kappa shape index (κ2) is 9.98. The predicted molar refractivity (Wildman–Crippen MR) is 122 cm³/mol. The molecule has 8 heteroatoms. The zero-order valence-corrected chi connectivity index (χ0v) is 19.3. The molecule has 0 fully saturated rings. The van der Waals surface area contributed by atoms with Crippen LogP contribution in [-0.4, -0.2) is 15.2 Å². The fraction of sp³-hybridized carbons (Fsp3) is 0.261. The monoisotopic (exact) mass is 453 g/mol. The Labute approximate surface area is 189 Å². The smallest absolute Gasteiger partial charge is 0.277 e. The summed E-state index contributed by atoms with van der Waals surface area (Å²) in [5, 5.41) is 11.6. The third kappa shape index (κ3) is 6.08. The van der Waals surface area contributed by atoms with Crippen molar-refractivity contribution in [1.29, 1.82) is 0 Å². The first-order valence-electron chi connectivity index (χ1n) is 9.83. The quantitative estimate of drug-likeness (QED) is 0.292. The average molecular weight is 454 g/mol. The molecular weight excluding hydrogens is 430 g/mol. The highest BCUT2D eigenvalue weighted by Crippen LogP contribution is 2.25. The Kier molecular flexibility index (Phi) is 6.89. The summed E-state index contributed by atoms with van der Waals surface area (Å²) < 4.78 is 17.3. The van der Waals surface area contributed by atoms with Gasteiger partial charge in [-0.1, -0.05) is 41.6 Å². The number of ether oxygens (including phenoxy) is 2. The van der Waals surface area contributed by atoms with Crippen LogP contribution in [0.2, 0.25) is 0 Å². The number of hydrogen-bond acceptors (Lipinski definition) is 8. The van der Waals surface area contributed by atoms with Crippen LogP contribution >= 0.6 is 23.1 Å². The van der Waals surface area contributed by atoms with Crippen LogP contribution in [0.1, 0.15) is 33.3 Å². The van der Waals surface area contributed by atoms with Gasteiger partial charge in [-0.25, -0.2) is 4.98 Å². The maximum atomic E-state index is 5.82. The molecule has 0 aliphatic carbocycles. The van der Waals surface area contributed by atoms with Crippen molar-refractivity contribution < 1.29 is 13.9 Å². The van der Waals surface area contributed by atoms with Gasteiger partial charge in [-0.15, -0.1) is 21.5 Å². The maximum Gasteiger partial charge on any atom is 0.277 e. The molecule has 0 aliphatic rings. The number of benzene rings is 2. The van der Waals surface area contributed by atoms with E-state index < -0.39 is 0 Å². The molecular formula is C23H23N3O3S2. The van der Waals surface area contributed by atoms with Gasteiger partial charge in [0.2, 0.25) is 0 Å². The van der Waals surface area contributed by atoms with Crippen molar-refractivity contribution in [3.8, 4) is 11.5 Å². The van der Waals surface area contributed by atoms with Gasteiger partial charge in [-0.2, -0.15) is 0 Å². The Morgan fingerprint density at radius 2 is 1.74 bits per heavy atom. The van der Waals surface area contributed by atoms with Crippen molar-refractivity contribution in [3.05, 3.63) is 81.1 Å². The van der Waals surface area contributed by atoms with Crippen LogP contribution in [0.25, 0.3) is 0 Å². The summed E-state index contributed by atoms with van der Waals surface area (Å²) in [6, 6.07) is 14.1. The maximum absolute atomic E-state index is 5.82. The third-order valence-corrected chi connectivity index (χ3v) is 6.19. The summed E-state index contributed by atoms with van der Waals surface area (Å²) in [6.07, 6.45) is 0. The fourth-order valence-corrected chi connectivity index (χ4v) is 4.24. The molecule has 6 nitrogen and oxygen atoms in total. The molecule has 160 valence electrons. The van der Waals surface area contributed by atoms with Crippen molar-refractivity contribution in [2.24, 2.45) is 0 Å². The lowest BCUT2D eigenvalue weighted by atomic mass is 10.1. The average Bonchev–Trinajstić information content (AvgIpc) is 3.42. The largest absolute Gasteiger partial charge is 0.486 e. The second-order valence-electron chi connectivity index (χ2n) is 7.14. The summed E-state index contributed by atoms with van der Waals surface area (Å²) in [7, 11) is 0. The molecule has 0 amide bonds. The molecule has 4 aromatic rings. The summed E-state index contributed by atoms with van der Waals surface area (Å²) in [5.74, 6) is 2.78. The van der Waals surface area contributed by atoms with Crippen LogP contribution in [0.5, 0.6) is 11.5 Å². The molecule has 2 aromatic carbocycles. The lowest BCUT2D eigenvalue weighted by Gasteiger charge is -2.07. The van der Waals surface area contributed by atoms with E-state index in [1.807, 2.05) is 55.6 Å². The number of aryl methyl sites for hydroxylation is 3. The van der Waals surface area contributed by atoms with Crippen molar-refractivity contribution in [1.82, 2.24) is 15.2 Å². The van der Waals surface area contributed by atoms with Crippen LogP contribution in [-0.2, 0) is 19.0 Å². The SMILES string of the molecule is Cc1ccc(OCc2nc(CSc3nnc(COc4cc(C)ccc4C)o3)cs2)cc1. The van der Waals surface area contributed by atoms with Gasteiger partial charge >= 0.3 is 0 Å². The molecule has 0 unspecified atom stereocenters. The van der Waals surface area contributed by atoms with Crippen molar-refractivity contribution in [2.45, 2.75) is 45.0 Å². The highest BCUT2D eigenvalue weighted by Gasteiger charge is 2.11. The van der Waals surface area contributed by atoms with Gasteiger partial charge < -0.3 is 13.9 Å². The number of aromatic nitrogens is 3. The Morgan fingerprint density at radius 3 is 2.58 bits per heavy atom. The normalized spacial score (nSPS) is 10.9. The molecule has 0 N–H and O–H groups in total. The topological polar surface area (TPSA) is 70.3 Å². The molecule has 0 bridgehead atoms. The molecule has 0 saturated carbocycles. The van der Waals surface area contributed by atoms with Crippen molar-refractivity contribution in [2.75, 3.05) is 0 Å². The lowest BCUT2D eigenvalue weighted by Crippen LogP contribution is -1.97. The number of hydrogen-bond donors (Lipinski definition) is 0. The van der Waals surface area contributed by atoms with Gasteiger partial charge in [-0.05, 0) is 50.1 Å². The highest BCUT2D eigenvalue weighted by atomic mass is 32.2. The highest BCUT2D eigenvalue weighted by molar-refractivity contribution is 7.98.